The summed E-state index contributed by atoms with van der Waals surface area (Å²) in [5, 5.41) is 0. The van der Waals surface area contributed by atoms with Crippen molar-refractivity contribution in [3.63, 3.8) is 0 Å². The van der Waals surface area contributed by atoms with E-state index in [4.69, 9.17) is 5.73 Å². The molecular weight excluding hydrogens is 252 g/mol. The number of hydrogen-bond acceptors (Lipinski definition) is 4. The quantitative estimate of drug-likeness (QED) is 0.788. The first kappa shape index (κ1) is 15.4. The Labute approximate surface area is 110 Å². The second-order valence-corrected chi connectivity index (χ2v) is 7.29. The van der Waals surface area contributed by atoms with Crippen LogP contribution in [-0.2, 0) is 14.6 Å². The molecule has 0 radical (unpaired) electrons. The highest BCUT2D eigenvalue weighted by Crippen LogP contribution is 2.22. The van der Waals surface area contributed by atoms with Gasteiger partial charge in [0.15, 0.2) is 9.84 Å². The van der Waals surface area contributed by atoms with Crippen LogP contribution in [0.15, 0.2) is 0 Å². The van der Waals surface area contributed by atoms with E-state index in [1.165, 1.54) is 0 Å². The van der Waals surface area contributed by atoms with Gasteiger partial charge in [-0.1, -0.05) is 13.8 Å². The van der Waals surface area contributed by atoms with Crippen molar-refractivity contribution in [2.75, 3.05) is 24.6 Å². The third kappa shape index (κ3) is 3.95. The van der Waals surface area contributed by atoms with E-state index in [1.54, 1.807) is 11.8 Å². The standard InChI is InChI=1S/C12H24N2O3S/c1-3-7-18(16,17)9-12(15)14-6-4-5-10(2)11(14)8-13/h10-11H,3-9,13H2,1-2H3/t10-,11-/m1/s1. The minimum atomic E-state index is -3.26. The summed E-state index contributed by atoms with van der Waals surface area (Å²) >= 11 is 0. The lowest BCUT2D eigenvalue weighted by atomic mass is 9.91. The molecule has 1 amide bonds. The predicted molar refractivity (Wildman–Crippen MR) is 71.9 cm³/mol. The normalized spacial score (nSPS) is 25.2. The van der Waals surface area contributed by atoms with Crippen LogP contribution in [0.3, 0.4) is 0 Å². The molecule has 0 spiro atoms. The molecule has 0 bridgehead atoms. The molecule has 106 valence electrons. The van der Waals surface area contributed by atoms with Gasteiger partial charge < -0.3 is 10.6 Å². The summed E-state index contributed by atoms with van der Waals surface area (Å²) in [6.45, 7) is 4.90. The minimum Gasteiger partial charge on any atom is -0.337 e. The topological polar surface area (TPSA) is 80.5 Å². The van der Waals surface area contributed by atoms with Crippen molar-refractivity contribution >= 4 is 15.7 Å². The Morgan fingerprint density at radius 1 is 1.44 bits per heavy atom. The molecule has 0 aromatic rings. The summed E-state index contributed by atoms with van der Waals surface area (Å²) < 4.78 is 23.4. The fourth-order valence-corrected chi connectivity index (χ4v) is 3.88. The zero-order chi connectivity index (χ0) is 13.8. The molecule has 5 nitrogen and oxygen atoms in total. The van der Waals surface area contributed by atoms with Crippen LogP contribution in [0.2, 0.25) is 0 Å². The number of nitrogens with zero attached hydrogens (tertiary/aromatic N) is 1. The van der Waals surface area contributed by atoms with E-state index in [-0.39, 0.29) is 23.5 Å². The van der Waals surface area contributed by atoms with Crippen LogP contribution < -0.4 is 5.73 Å². The van der Waals surface area contributed by atoms with Crippen LogP contribution in [0, 0.1) is 5.92 Å². The summed E-state index contributed by atoms with van der Waals surface area (Å²) in [5.74, 6) is -0.230. The van der Waals surface area contributed by atoms with E-state index in [2.05, 4.69) is 6.92 Å². The lowest BCUT2D eigenvalue weighted by Crippen LogP contribution is -2.52. The van der Waals surface area contributed by atoms with Crippen molar-refractivity contribution in [3.05, 3.63) is 0 Å². The molecule has 2 N–H and O–H groups in total. The number of nitrogens with two attached hydrogens (primary N) is 1. The van der Waals surface area contributed by atoms with Crippen LogP contribution in [0.1, 0.15) is 33.1 Å². The maximum absolute atomic E-state index is 12.1. The number of rotatable bonds is 5. The van der Waals surface area contributed by atoms with Gasteiger partial charge in [0.05, 0.1) is 5.75 Å². The molecule has 0 aromatic heterocycles. The van der Waals surface area contributed by atoms with Crippen molar-refractivity contribution in [1.82, 2.24) is 4.90 Å². The van der Waals surface area contributed by atoms with Crippen molar-refractivity contribution in [1.29, 1.82) is 0 Å². The molecule has 6 heteroatoms. The zero-order valence-electron chi connectivity index (χ0n) is 11.3. The number of carbonyl (C=O) groups excluding carboxylic acids is 1. The van der Waals surface area contributed by atoms with Crippen molar-refractivity contribution in [3.8, 4) is 0 Å². The van der Waals surface area contributed by atoms with E-state index >= 15 is 0 Å². The summed E-state index contributed by atoms with van der Waals surface area (Å²) in [7, 11) is -3.26. The molecule has 18 heavy (non-hydrogen) atoms. The highest BCUT2D eigenvalue weighted by molar-refractivity contribution is 7.92. The molecule has 1 fully saturated rings. The number of carbonyl (C=O) groups is 1. The Bertz CT molecular complexity index is 381. The molecule has 0 saturated carbocycles. The molecule has 1 aliphatic heterocycles. The Balaban J connectivity index is 2.70. The van der Waals surface area contributed by atoms with Crippen LogP contribution in [-0.4, -0.2) is 49.9 Å². The minimum absolute atomic E-state index is 0.0110. The fraction of sp³-hybridized carbons (Fsp3) is 0.917. The number of sulfone groups is 1. The Hall–Kier alpha value is -0.620. The fourth-order valence-electron chi connectivity index (χ4n) is 2.57. The van der Waals surface area contributed by atoms with Crippen molar-refractivity contribution < 1.29 is 13.2 Å². The Morgan fingerprint density at radius 2 is 2.11 bits per heavy atom. The SMILES string of the molecule is CCCS(=O)(=O)CC(=O)N1CCC[C@@H](C)[C@H]1CN. The first-order valence-electron chi connectivity index (χ1n) is 6.61. The lowest BCUT2D eigenvalue weighted by Gasteiger charge is -2.39. The monoisotopic (exact) mass is 276 g/mol. The second-order valence-electron chi connectivity index (χ2n) is 5.10. The maximum Gasteiger partial charge on any atom is 0.238 e. The van der Waals surface area contributed by atoms with Crippen LogP contribution >= 0.6 is 0 Å². The molecule has 1 heterocycles. The zero-order valence-corrected chi connectivity index (χ0v) is 12.1. The second kappa shape index (κ2) is 6.52. The molecule has 1 rings (SSSR count). The molecule has 1 saturated heterocycles. The molecule has 1 aliphatic rings. The van der Waals surface area contributed by atoms with E-state index in [9.17, 15) is 13.2 Å². The summed E-state index contributed by atoms with van der Waals surface area (Å²) in [4.78, 5) is 13.8. The smallest absolute Gasteiger partial charge is 0.238 e. The molecule has 2 atom stereocenters. The van der Waals surface area contributed by atoms with Gasteiger partial charge in [-0.25, -0.2) is 8.42 Å². The van der Waals surface area contributed by atoms with Gasteiger partial charge in [-0.2, -0.15) is 0 Å². The van der Waals surface area contributed by atoms with E-state index in [0.717, 1.165) is 12.8 Å². The Kier molecular flexibility index (Phi) is 5.59. The van der Waals surface area contributed by atoms with Gasteiger partial charge >= 0.3 is 0 Å². The van der Waals surface area contributed by atoms with Crippen LogP contribution in [0.5, 0.6) is 0 Å². The van der Waals surface area contributed by atoms with Crippen LogP contribution in [0.4, 0.5) is 0 Å². The maximum atomic E-state index is 12.1. The van der Waals surface area contributed by atoms with Gasteiger partial charge in [0.25, 0.3) is 0 Å². The van der Waals surface area contributed by atoms with E-state index < -0.39 is 9.84 Å². The summed E-state index contributed by atoms with van der Waals surface area (Å²) in [6.07, 6.45) is 2.52. The highest BCUT2D eigenvalue weighted by atomic mass is 32.2. The lowest BCUT2D eigenvalue weighted by molar-refractivity contribution is -0.133. The number of amides is 1. The molecule has 0 unspecified atom stereocenters. The third-order valence-corrected chi connectivity index (χ3v) is 5.25. The molecule has 0 aliphatic carbocycles. The first-order chi connectivity index (χ1) is 8.41. The van der Waals surface area contributed by atoms with Crippen molar-refractivity contribution in [2.24, 2.45) is 11.7 Å². The average Bonchev–Trinajstić information content (AvgIpc) is 2.27. The first-order valence-corrected chi connectivity index (χ1v) is 8.43. The number of piperidine rings is 1. The van der Waals surface area contributed by atoms with Gasteiger partial charge in [-0.15, -0.1) is 0 Å². The van der Waals surface area contributed by atoms with E-state index in [1.807, 2.05) is 0 Å². The number of likely N-dealkylation sites (tertiary alicyclic amines) is 1. The molecule has 0 aromatic carbocycles. The highest BCUT2D eigenvalue weighted by Gasteiger charge is 2.32. The van der Waals surface area contributed by atoms with E-state index in [0.29, 0.717) is 25.4 Å². The third-order valence-electron chi connectivity index (χ3n) is 3.54. The average molecular weight is 276 g/mol. The van der Waals surface area contributed by atoms with Gasteiger partial charge in [-0.3, -0.25) is 4.79 Å². The Morgan fingerprint density at radius 3 is 2.67 bits per heavy atom. The molecular formula is C12H24N2O3S. The van der Waals surface area contributed by atoms with Gasteiger partial charge in [0, 0.05) is 19.1 Å². The predicted octanol–water partition coefficient (Wildman–Crippen LogP) is 0.397. The van der Waals surface area contributed by atoms with Gasteiger partial charge in [0.1, 0.15) is 5.75 Å². The number of hydrogen-bond donors (Lipinski definition) is 1. The largest absolute Gasteiger partial charge is 0.337 e. The van der Waals surface area contributed by atoms with Gasteiger partial charge in [-0.05, 0) is 25.2 Å². The van der Waals surface area contributed by atoms with Crippen molar-refractivity contribution in [2.45, 2.75) is 39.2 Å². The van der Waals surface area contributed by atoms with Gasteiger partial charge in [0.2, 0.25) is 5.91 Å². The van der Waals surface area contributed by atoms with Crippen LogP contribution in [0.25, 0.3) is 0 Å². The summed E-state index contributed by atoms with van der Waals surface area (Å²) in [6, 6.07) is -0.0110. The summed E-state index contributed by atoms with van der Waals surface area (Å²) in [5.41, 5.74) is 5.70.